The third-order valence-corrected chi connectivity index (χ3v) is 2.28. The molecule has 2 aromatic rings. The lowest BCUT2D eigenvalue weighted by Crippen LogP contribution is -2.11. The van der Waals surface area contributed by atoms with Crippen LogP contribution >= 0.6 is 0 Å². The molecule has 0 saturated carbocycles. The van der Waals surface area contributed by atoms with E-state index in [0.717, 1.165) is 0 Å². The van der Waals surface area contributed by atoms with Crippen molar-refractivity contribution in [2.75, 3.05) is 0 Å². The Hall–Kier alpha value is -2.58. The fourth-order valence-electron chi connectivity index (χ4n) is 1.33. The summed E-state index contributed by atoms with van der Waals surface area (Å²) in [5.74, 6) is -7.15. The average Bonchev–Trinajstić information content (AvgIpc) is 2.69. The van der Waals surface area contributed by atoms with Crippen molar-refractivity contribution in [1.29, 1.82) is 0 Å². The molecule has 0 aliphatic rings. The van der Waals surface area contributed by atoms with Gasteiger partial charge in [0.2, 0.25) is 5.95 Å². The zero-order chi connectivity index (χ0) is 14.9. The fourth-order valence-corrected chi connectivity index (χ4v) is 1.33. The zero-order valence-electron chi connectivity index (χ0n) is 9.91. The second-order valence-electron chi connectivity index (χ2n) is 3.61. The number of hydrogen-bond acceptors (Lipinski definition) is 6. The molecule has 106 valence electrons. The van der Waals surface area contributed by atoms with E-state index in [-0.39, 0.29) is 11.5 Å². The Morgan fingerprint density at radius 2 is 2.05 bits per heavy atom. The summed E-state index contributed by atoms with van der Waals surface area (Å²) in [7, 11) is 0. The van der Waals surface area contributed by atoms with Gasteiger partial charge >= 0.3 is 11.8 Å². The number of carbonyl (C=O) groups excluding carboxylic acids is 1. The van der Waals surface area contributed by atoms with Crippen LogP contribution in [0.1, 0.15) is 21.9 Å². The SMILES string of the molecule is Cc1oc(=O)oc1COC(=O)c1cc(F)nc(F)c1F. The zero-order valence-corrected chi connectivity index (χ0v) is 9.91. The first-order valence-electron chi connectivity index (χ1n) is 5.16. The summed E-state index contributed by atoms with van der Waals surface area (Å²) >= 11 is 0. The molecule has 0 N–H and O–H groups in total. The van der Waals surface area contributed by atoms with Gasteiger partial charge in [0.25, 0.3) is 5.95 Å². The standard InChI is InChI=1S/C11H6F3NO5/c1-4-6(20-11(17)19-4)3-18-10(16)5-2-7(12)15-9(14)8(5)13/h2H,3H2,1H3. The number of carbonyl (C=O) groups is 1. The molecular formula is C11H6F3NO5. The summed E-state index contributed by atoms with van der Waals surface area (Å²) in [4.78, 5) is 24.8. The van der Waals surface area contributed by atoms with Gasteiger partial charge < -0.3 is 13.6 Å². The third-order valence-electron chi connectivity index (χ3n) is 2.28. The van der Waals surface area contributed by atoms with Crippen LogP contribution in [0.5, 0.6) is 0 Å². The number of halogens is 3. The molecule has 9 heteroatoms. The van der Waals surface area contributed by atoms with Gasteiger partial charge in [0.15, 0.2) is 23.9 Å². The molecule has 0 unspecified atom stereocenters. The van der Waals surface area contributed by atoms with Crippen molar-refractivity contribution in [3.8, 4) is 0 Å². The fraction of sp³-hybridized carbons (Fsp3) is 0.182. The van der Waals surface area contributed by atoms with Gasteiger partial charge in [-0.05, 0) is 6.92 Å². The Labute approximate surface area is 108 Å². The van der Waals surface area contributed by atoms with E-state index < -0.39 is 41.7 Å². The van der Waals surface area contributed by atoms with E-state index in [1.54, 1.807) is 0 Å². The molecule has 20 heavy (non-hydrogen) atoms. The lowest BCUT2D eigenvalue weighted by molar-refractivity contribution is 0.0435. The second-order valence-corrected chi connectivity index (χ2v) is 3.61. The van der Waals surface area contributed by atoms with Crippen LogP contribution in [-0.2, 0) is 11.3 Å². The molecule has 0 atom stereocenters. The van der Waals surface area contributed by atoms with Crippen molar-refractivity contribution in [3.63, 3.8) is 0 Å². The highest BCUT2D eigenvalue weighted by atomic mass is 19.2. The summed E-state index contributed by atoms with van der Waals surface area (Å²) in [5.41, 5.74) is -0.960. The molecule has 0 radical (unpaired) electrons. The molecular weight excluding hydrogens is 283 g/mol. The van der Waals surface area contributed by atoms with Gasteiger partial charge in [-0.25, -0.2) is 14.0 Å². The number of aromatic nitrogens is 1. The highest BCUT2D eigenvalue weighted by Gasteiger charge is 2.21. The molecule has 0 bridgehead atoms. The molecule has 2 heterocycles. The van der Waals surface area contributed by atoms with E-state index in [1.807, 2.05) is 0 Å². The minimum atomic E-state index is -1.76. The molecule has 0 spiro atoms. The first kappa shape index (κ1) is 13.8. The van der Waals surface area contributed by atoms with Gasteiger partial charge in [-0.3, -0.25) is 0 Å². The first-order valence-corrected chi connectivity index (χ1v) is 5.16. The van der Waals surface area contributed by atoms with E-state index in [0.29, 0.717) is 6.07 Å². The predicted molar refractivity (Wildman–Crippen MR) is 55.2 cm³/mol. The molecule has 0 aliphatic heterocycles. The van der Waals surface area contributed by atoms with Gasteiger partial charge in [0.1, 0.15) is 5.56 Å². The van der Waals surface area contributed by atoms with Gasteiger partial charge in [-0.1, -0.05) is 0 Å². The number of nitrogens with zero attached hydrogens (tertiary/aromatic N) is 1. The smallest absolute Gasteiger partial charge is 0.454 e. The van der Waals surface area contributed by atoms with Crippen molar-refractivity contribution in [1.82, 2.24) is 4.98 Å². The maximum absolute atomic E-state index is 13.2. The normalized spacial score (nSPS) is 10.6. The van der Waals surface area contributed by atoms with Crippen molar-refractivity contribution >= 4 is 5.97 Å². The number of rotatable bonds is 3. The van der Waals surface area contributed by atoms with Crippen molar-refractivity contribution in [3.05, 3.63) is 51.5 Å². The maximum atomic E-state index is 13.2. The minimum absolute atomic E-state index is 0.0651. The monoisotopic (exact) mass is 289 g/mol. The van der Waals surface area contributed by atoms with E-state index in [2.05, 4.69) is 18.6 Å². The molecule has 0 amide bonds. The topological polar surface area (TPSA) is 82.5 Å². The lowest BCUT2D eigenvalue weighted by atomic mass is 10.2. The third kappa shape index (κ3) is 2.71. The highest BCUT2D eigenvalue weighted by molar-refractivity contribution is 5.89. The van der Waals surface area contributed by atoms with Crippen LogP contribution < -0.4 is 5.82 Å². The molecule has 0 saturated heterocycles. The highest BCUT2D eigenvalue weighted by Crippen LogP contribution is 2.14. The summed E-state index contributed by atoms with van der Waals surface area (Å²) in [6.45, 7) is 0.821. The van der Waals surface area contributed by atoms with Crippen LogP contribution in [0.3, 0.4) is 0 Å². The molecule has 2 aromatic heterocycles. The van der Waals surface area contributed by atoms with Crippen LogP contribution in [0, 0.1) is 24.6 Å². The van der Waals surface area contributed by atoms with Gasteiger partial charge in [0, 0.05) is 6.07 Å². The van der Waals surface area contributed by atoms with Crippen LogP contribution in [0.15, 0.2) is 19.7 Å². The summed E-state index contributed by atoms with van der Waals surface area (Å²) in [6.07, 6.45) is 0. The Kier molecular flexibility index (Phi) is 3.59. The van der Waals surface area contributed by atoms with E-state index in [1.165, 1.54) is 6.92 Å². The van der Waals surface area contributed by atoms with Gasteiger partial charge in [-0.15, -0.1) is 0 Å². The first-order chi connectivity index (χ1) is 9.38. The minimum Gasteiger partial charge on any atom is -0.454 e. The Morgan fingerprint density at radius 3 is 2.65 bits per heavy atom. The van der Waals surface area contributed by atoms with Crippen molar-refractivity contribution in [2.24, 2.45) is 0 Å². The van der Waals surface area contributed by atoms with Gasteiger partial charge in [-0.2, -0.15) is 13.8 Å². The summed E-state index contributed by atoms with van der Waals surface area (Å²) in [5, 5.41) is 0. The van der Waals surface area contributed by atoms with Crippen LogP contribution in [0.25, 0.3) is 0 Å². The quantitative estimate of drug-likeness (QED) is 0.632. The van der Waals surface area contributed by atoms with Crippen LogP contribution in [0.4, 0.5) is 13.2 Å². The Morgan fingerprint density at radius 1 is 1.35 bits per heavy atom. The molecule has 6 nitrogen and oxygen atoms in total. The number of esters is 1. The molecule has 2 rings (SSSR count). The largest absolute Gasteiger partial charge is 0.519 e. The summed E-state index contributed by atoms with van der Waals surface area (Å²) < 4.78 is 52.5. The number of pyridine rings is 1. The van der Waals surface area contributed by atoms with E-state index in [4.69, 9.17) is 0 Å². The van der Waals surface area contributed by atoms with Crippen LogP contribution in [-0.4, -0.2) is 11.0 Å². The maximum Gasteiger partial charge on any atom is 0.519 e. The Balaban J connectivity index is 2.17. The van der Waals surface area contributed by atoms with E-state index in [9.17, 15) is 22.8 Å². The van der Waals surface area contributed by atoms with Gasteiger partial charge in [0.05, 0.1) is 0 Å². The predicted octanol–water partition coefficient (Wildman–Crippen LogP) is 1.71. The summed E-state index contributed by atoms with van der Waals surface area (Å²) in [6, 6.07) is 0.388. The Bertz CT molecular complexity index is 721. The number of ether oxygens (including phenoxy) is 1. The lowest BCUT2D eigenvalue weighted by Gasteiger charge is -2.04. The average molecular weight is 289 g/mol. The molecule has 0 aliphatic carbocycles. The number of aryl methyl sites for hydroxylation is 1. The molecule has 0 fully saturated rings. The molecule has 0 aromatic carbocycles. The second kappa shape index (κ2) is 5.19. The van der Waals surface area contributed by atoms with Crippen molar-refractivity contribution in [2.45, 2.75) is 13.5 Å². The van der Waals surface area contributed by atoms with Crippen molar-refractivity contribution < 1.29 is 31.5 Å². The number of hydrogen-bond donors (Lipinski definition) is 0. The van der Waals surface area contributed by atoms with Crippen LogP contribution in [0.2, 0.25) is 0 Å². The van der Waals surface area contributed by atoms with E-state index >= 15 is 0 Å².